The number of hydrogen-bond acceptors (Lipinski definition) is 3. The Morgan fingerprint density at radius 1 is 0.583 bits per heavy atom. The lowest BCUT2D eigenvalue weighted by molar-refractivity contribution is 0.112. The summed E-state index contributed by atoms with van der Waals surface area (Å²) in [5.41, 5.74) is 2.25. The van der Waals surface area contributed by atoms with Crippen LogP contribution in [0.2, 0.25) is 0 Å². The van der Waals surface area contributed by atoms with Crippen LogP contribution in [0.1, 0.15) is 10.4 Å². The van der Waals surface area contributed by atoms with Crippen molar-refractivity contribution in [3.8, 4) is 0 Å². The van der Waals surface area contributed by atoms with Gasteiger partial charge in [0.15, 0.2) is 6.29 Å². The first-order valence-corrected chi connectivity index (χ1v) is 7.73. The van der Waals surface area contributed by atoms with Gasteiger partial charge < -0.3 is 0 Å². The van der Waals surface area contributed by atoms with Crippen LogP contribution in [0.5, 0.6) is 0 Å². The van der Waals surface area contributed by atoms with Crippen LogP contribution in [0.15, 0.2) is 89.1 Å². The lowest BCUT2D eigenvalue weighted by Gasteiger charge is -2.04. The van der Waals surface area contributed by atoms with Gasteiger partial charge in [-0.05, 0) is 29.0 Å². The van der Waals surface area contributed by atoms with Crippen molar-refractivity contribution in [3.05, 3.63) is 84.4 Å². The third-order valence-corrected chi connectivity index (χ3v) is 4.09. The minimum absolute atomic E-state index is 0.662. The molecule has 0 unspecified atom stereocenters. The summed E-state index contributed by atoms with van der Waals surface area (Å²) in [6.07, 6.45) is 0.869. The molecule has 0 aliphatic heterocycles. The molecule has 0 amide bonds. The molecule has 0 aliphatic carbocycles. The van der Waals surface area contributed by atoms with E-state index in [1.54, 1.807) is 6.07 Å². The maximum absolute atomic E-state index is 11.2. The molecule has 4 aromatic rings. The fraction of sp³-hybridized carbons (Fsp3) is 0. The average molecular weight is 310 g/mol. The van der Waals surface area contributed by atoms with Crippen LogP contribution < -0.4 is 0 Å². The molecular weight excluding hydrogens is 296 g/mol. The first kappa shape index (κ1) is 14.3. The summed E-state index contributed by atoms with van der Waals surface area (Å²) >= 11 is 0. The Bertz CT molecular complexity index is 1080. The quantitative estimate of drug-likeness (QED) is 0.327. The molecule has 3 heteroatoms. The molecule has 0 spiro atoms. The van der Waals surface area contributed by atoms with Crippen LogP contribution in [0.25, 0.3) is 21.5 Å². The third-order valence-electron chi connectivity index (χ3n) is 4.09. The first-order chi connectivity index (χ1) is 11.9. The first-order valence-electron chi connectivity index (χ1n) is 7.73. The molecule has 0 saturated heterocycles. The number of aldehydes is 1. The molecule has 114 valence electrons. The maximum Gasteiger partial charge on any atom is 0.150 e. The van der Waals surface area contributed by atoms with E-state index in [0.29, 0.717) is 5.56 Å². The topological polar surface area (TPSA) is 41.8 Å². The molecule has 3 nitrogen and oxygen atoms in total. The van der Waals surface area contributed by atoms with E-state index in [0.717, 1.165) is 39.2 Å². The number of benzene rings is 4. The van der Waals surface area contributed by atoms with Crippen molar-refractivity contribution in [3.63, 3.8) is 0 Å². The second-order valence-corrected chi connectivity index (χ2v) is 5.54. The Balaban J connectivity index is 1.84. The summed E-state index contributed by atoms with van der Waals surface area (Å²) in [6.45, 7) is 0. The molecule has 0 atom stereocenters. The smallest absolute Gasteiger partial charge is 0.150 e. The average Bonchev–Trinajstić information content (AvgIpc) is 2.66. The fourth-order valence-corrected chi connectivity index (χ4v) is 2.90. The van der Waals surface area contributed by atoms with Crippen LogP contribution >= 0.6 is 0 Å². The predicted octanol–water partition coefficient (Wildman–Crippen LogP) is 6.22. The molecule has 0 bridgehead atoms. The SMILES string of the molecule is O=Cc1ccc(N=Nc2cccc3ccccc23)c2ccccc12. The monoisotopic (exact) mass is 310 g/mol. The van der Waals surface area contributed by atoms with Gasteiger partial charge in [-0.1, -0.05) is 60.7 Å². The summed E-state index contributed by atoms with van der Waals surface area (Å²) in [5.74, 6) is 0. The highest BCUT2D eigenvalue weighted by Gasteiger charge is 2.05. The van der Waals surface area contributed by atoms with E-state index >= 15 is 0 Å². The molecule has 0 heterocycles. The van der Waals surface area contributed by atoms with Gasteiger partial charge in [-0.15, -0.1) is 10.2 Å². The van der Waals surface area contributed by atoms with Gasteiger partial charge in [-0.25, -0.2) is 0 Å². The third kappa shape index (κ3) is 2.46. The van der Waals surface area contributed by atoms with Gasteiger partial charge in [0.25, 0.3) is 0 Å². The minimum atomic E-state index is 0.662. The number of carbonyl (C=O) groups excluding carboxylic acids is 1. The van der Waals surface area contributed by atoms with Crippen LogP contribution in [0.3, 0.4) is 0 Å². The highest BCUT2D eigenvalue weighted by Crippen LogP contribution is 2.31. The molecule has 0 aromatic heterocycles. The number of nitrogens with zero attached hydrogens (tertiary/aromatic N) is 2. The van der Waals surface area contributed by atoms with Crippen molar-refractivity contribution in [2.75, 3.05) is 0 Å². The zero-order valence-electron chi connectivity index (χ0n) is 12.9. The summed E-state index contributed by atoms with van der Waals surface area (Å²) in [4.78, 5) is 11.2. The lowest BCUT2D eigenvalue weighted by Crippen LogP contribution is -1.83. The Hall–Kier alpha value is -3.33. The van der Waals surface area contributed by atoms with E-state index in [-0.39, 0.29) is 0 Å². The van der Waals surface area contributed by atoms with E-state index in [9.17, 15) is 4.79 Å². The van der Waals surface area contributed by atoms with Crippen molar-refractivity contribution >= 4 is 39.2 Å². The Morgan fingerprint density at radius 3 is 2.00 bits per heavy atom. The van der Waals surface area contributed by atoms with Crippen molar-refractivity contribution in [2.24, 2.45) is 10.2 Å². The molecule has 4 aromatic carbocycles. The number of azo groups is 1. The molecule has 0 N–H and O–H groups in total. The van der Waals surface area contributed by atoms with Gasteiger partial charge in [-0.2, -0.15) is 0 Å². The fourth-order valence-electron chi connectivity index (χ4n) is 2.90. The van der Waals surface area contributed by atoms with E-state index in [4.69, 9.17) is 0 Å². The summed E-state index contributed by atoms with van der Waals surface area (Å²) < 4.78 is 0. The van der Waals surface area contributed by atoms with Crippen molar-refractivity contribution in [1.29, 1.82) is 0 Å². The molecule has 4 rings (SSSR count). The van der Waals surface area contributed by atoms with Gasteiger partial charge in [-0.3, -0.25) is 4.79 Å². The minimum Gasteiger partial charge on any atom is -0.298 e. The van der Waals surface area contributed by atoms with Crippen LogP contribution in [0.4, 0.5) is 11.4 Å². The molecule has 0 saturated carbocycles. The van der Waals surface area contributed by atoms with E-state index < -0.39 is 0 Å². The summed E-state index contributed by atoms with van der Waals surface area (Å²) in [5, 5.41) is 12.9. The van der Waals surface area contributed by atoms with Gasteiger partial charge >= 0.3 is 0 Å². The van der Waals surface area contributed by atoms with E-state index in [2.05, 4.69) is 22.4 Å². The second kappa shape index (κ2) is 6.05. The zero-order chi connectivity index (χ0) is 16.4. The molecule has 0 aliphatic rings. The van der Waals surface area contributed by atoms with E-state index in [1.165, 1.54) is 0 Å². The number of hydrogen-bond donors (Lipinski definition) is 0. The van der Waals surface area contributed by atoms with Gasteiger partial charge in [0.1, 0.15) is 0 Å². The summed E-state index contributed by atoms with van der Waals surface area (Å²) in [7, 11) is 0. The molecule has 0 fully saturated rings. The maximum atomic E-state index is 11.2. The van der Waals surface area contributed by atoms with E-state index in [1.807, 2.05) is 60.7 Å². The Kier molecular flexibility index (Phi) is 3.60. The second-order valence-electron chi connectivity index (χ2n) is 5.54. The Morgan fingerprint density at radius 2 is 1.21 bits per heavy atom. The van der Waals surface area contributed by atoms with Crippen molar-refractivity contribution in [2.45, 2.75) is 0 Å². The zero-order valence-corrected chi connectivity index (χ0v) is 12.9. The highest BCUT2D eigenvalue weighted by atomic mass is 16.1. The predicted molar refractivity (Wildman–Crippen MR) is 97.5 cm³/mol. The Labute approximate surface area is 139 Å². The lowest BCUT2D eigenvalue weighted by atomic mass is 10.0. The van der Waals surface area contributed by atoms with Gasteiger partial charge in [0.2, 0.25) is 0 Å². The van der Waals surface area contributed by atoms with Gasteiger partial charge in [0, 0.05) is 16.3 Å². The number of fused-ring (bicyclic) bond motifs is 2. The number of rotatable bonds is 3. The van der Waals surface area contributed by atoms with Gasteiger partial charge in [0.05, 0.1) is 11.4 Å². The van der Waals surface area contributed by atoms with Crippen LogP contribution in [0, 0.1) is 0 Å². The normalized spacial score (nSPS) is 11.3. The number of carbonyl (C=O) groups is 1. The largest absolute Gasteiger partial charge is 0.298 e. The standard InChI is InChI=1S/C21H14N2O/c24-14-16-12-13-21(19-10-4-3-8-17(16)19)23-22-20-11-5-7-15-6-1-2-9-18(15)20/h1-14H. The summed E-state index contributed by atoms with van der Waals surface area (Å²) in [6, 6.07) is 25.4. The van der Waals surface area contributed by atoms with Crippen molar-refractivity contribution in [1.82, 2.24) is 0 Å². The van der Waals surface area contributed by atoms with Crippen LogP contribution in [-0.4, -0.2) is 6.29 Å². The van der Waals surface area contributed by atoms with Crippen LogP contribution in [-0.2, 0) is 0 Å². The molecule has 0 radical (unpaired) electrons. The highest BCUT2D eigenvalue weighted by molar-refractivity contribution is 6.03. The van der Waals surface area contributed by atoms with Crippen molar-refractivity contribution < 1.29 is 4.79 Å². The molecular formula is C21H14N2O. The molecule has 24 heavy (non-hydrogen) atoms.